The minimum atomic E-state index is -3.66. The summed E-state index contributed by atoms with van der Waals surface area (Å²) in [6, 6.07) is 3.31. The van der Waals surface area contributed by atoms with Gasteiger partial charge in [-0.05, 0) is 26.0 Å². The molecular weight excluding hydrogens is 294 g/mol. The molecule has 5 nitrogen and oxygen atoms in total. The van der Waals surface area contributed by atoms with Crippen molar-refractivity contribution in [2.45, 2.75) is 18.1 Å². The van der Waals surface area contributed by atoms with Gasteiger partial charge in [-0.2, -0.15) is 0 Å². The first-order valence-corrected chi connectivity index (χ1v) is 7.65. The Hall–Kier alpha value is -1.18. The van der Waals surface area contributed by atoms with Gasteiger partial charge in [-0.1, -0.05) is 22.9 Å². The summed E-state index contributed by atoms with van der Waals surface area (Å²) < 4.78 is 27.1. The standard InChI is InChI=1S/C10H10ClN3O2S2/c1-6-8(4-3-5-12-6)14-18(15,16)9-7(2)13-10(11)17-9/h3-5,14H,1-2H3. The molecule has 2 aromatic rings. The molecule has 0 saturated carbocycles. The van der Waals surface area contributed by atoms with Gasteiger partial charge in [0.25, 0.3) is 10.0 Å². The number of pyridine rings is 1. The number of sulfonamides is 1. The Labute approximate surface area is 114 Å². The van der Waals surface area contributed by atoms with Gasteiger partial charge in [-0.25, -0.2) is 13.4 Å². The van der Waals surface area contributed by atoms with Gasteiger partial charge >= 0.3 is 0 Å². The summed E-state index contributed by atoms with van der Waals surface area (Å²) in [4.78, 5) is 7.91. The smallest absolute Gasteiger partial charge is 0.273 e. The zero-order valence-electron chi connectivity index (χ0n) is 9.64. The third-order valence-electron chi connectivity index (χ3n) is 2.22. The van der Waals surface area contributed by atoms with Crippen LogP contribution in [-0.4, -0.2) is 18.4 Å². The van der Waals surface area contributed by atoms with Crippen molar-refractivity contribution in [2.24, 2.45) is 0 Å². The minimum absolute atomic E-state index is 0.121. The predicted octanol–water partition coefficient (Wildman–Crippen LogP) is 2.61. The van der Waals surface area contributed by atoms with Crippen LogP contribution in [0.1, 0.15) is 11.4 Å². The Morgan fingerprint density at radius 1 is 1.33 bits per heavy atom. The molecule has 0 saturated heterocycles. The second kappa shape index (κ2) is 4.83. The van der Waals surface area contributed by atoms with Gasteiger partial charge in [0.2, 0.25) is 0 Å². The van der Waals surface area contributed by atoms with E-state index >= 15 is 0 Å². The van der Waals surface area contributed by atoms with Gasteiger partial charge in [0.05, 0.1) is 17.1 Å². The molecule has 0 bridgehead atoms. The van der Waals surface area contributed by atoms with Crippen LogP contribution in [0, 0.1) is 13.8 Å². The van der Waals surface area contributed by atoms with Crippen molar-refractivity contribution in [1.29, 1.82) is 0 Å². The van der Waals surface area contributed by atoms with Crippen molar-refractivity contribution in [3.05, 3.63) is 34.2 Å². The third kappa shape index (κ3) is 2.63. The Bertz CT molecular complexity index is 682. The monoisotopic (exact) mass is 303 g/mol. The molecule has 0 fully saturated rings. The summed E-state index contributed by atoms with van der Waals surface area (Å²) in [5.41, 5.74) is 1.44. The van der Waals surface area contributed by atoms with Gasteiger partial charge in [0, 0.05) is 6.20 Å². The number of anilines is 1. The van der Waals surface area contributed by atoms with E-state index in [0.29, 0.717) is 17.1 Å². The van der Waals surface area contributed by atoms with Crippen LogP contribution < -0.4 is 4.72 Å². The van der Waals surface area contributed by atoms with Crippen molar-refractivity contribution in [2.75, 3.05) is 4.72 Å². The van der Waals surface area contributed by atoms with Crippen LogP contribution in [0.25, 0.3) is 0 Å². The van der Waals surface area contributed by atoms with Gasteiger partial charge in [0.15, 0.2) is 8.68 Å². The molecule has 96 valence electrons. The average Bonchev–Trinajstić information content (AvgIpc) is 2.62. The van der Waals surface area contributed by atoms with Crippen molar-refractivity contribution in [3.8, 4) is 0 Å². The molecule has 0 aliphatic rings. The van der Waals surface area contributed by atoms with Crippen LogP contribution in [0.3, 0.4) is 0 Å². The summed E-state index contributed by atoms with van der Waals surface area (Å²) in [6.07, 6.45) is 1.60. The summed E-state index contributed by atoms with van der Waals surface area (Å²) in [5.74, 6) is 0. The van der Waals surface area contributed by atoms with E-state index in [1.807, 2.05) is 0 Å². The normalized spacial score (nSPS) is 11.5. The van der Waals surface area contributed by atoms with E-state index in [2.05, 4.69) is 14.7 Å². The first kappa shape index (κ1) is 13.3. The van der Waals surface area contributed by atoms with Crippen LogP contribution >= 0.6 is 22.9 Å². The predicted molar refractivity (Wildman–Crippen MR) is 71.6 cm³/mol. The number of aromatic nitrogens is 2. The lowest BCUT2D eigenvalue weighted by Gasteiger charge is -2.08. The van der Waals surface area contributed by atoms with Gasteiger partial charge in [-0.15, -0.1) is 0 Å². The Morgan fingerprint density at radius 3 is 2.61 bits per heavy atom. The lowest BCUT2D eigenvalue weighted by Crippen LogP contribution is -2.13. The van der Waals surface area contributed by atoms with Gasteiger partial charge in [0.1, 0.15) is 0 Å². The van der Waals surface area contributed by atoms with Crippen molar-refractivity contribution < 1.29 is 8.42 Å². The van der Waals surface area contributed by atoms with Gasteiger partial charge in [-0.3, -0.25) is 9.71 Å². The minimum Gasteiger partial charge on any atom is -0.277 e. The summed E-state index contributed by atoms with van der Waals surface area (Å²) in [7, 11) is -3.66. The van der Waals surface area contributed by atoms with E-state index in [1.54, 1.807) is 32.2 Å². The topological polar surface area (TPSA) is 72.0 Å². The van der Waals surface area contributed by atoms with E-state index in [1.165, 1.54) is 0 Å². The molecule has 2 rings (SSSR count). The highest BCUT2D eigenvalue weighted by Gasteiger charge is 2.22. The van der Waals surface area contributed by atoms with Crippen molar-refractivity contribution in [1.82, 2.24) is 9.97 Å². The molecule has 0 atom stereocenters. The second-order valence-corrected chi connectivity index (χ2v) is 7.04. The Kier molecular flexibility index (Phi) is 3.56. The molecule has 0 aliphatic carbocycles. The molecular formula is C10H10ClN3O2S2. The van der Waals surface area contributed by atoms with E-state index in [4.69, 9.17) is 11.6 Å². The zero-order valence-corrected chi connectivity index (χ0v) is 12.0. The largest absolute Gasteiger partial charge is 0.277 e. The lowest BCUT2D eigenvalue weighted by atomic mass is 10.3. The number of rotatable bonds is 3. The summed E-state index contributed by atoms with van der Waals surface area (Å²) in [6.45, 7) is 3.33. The first-order chi connectivity index (χ1) is 8.40. The second-order valence-electron chi connectivity index (χ2n) is 3.58. The molecule has 0 aromatic carbocycles. The van der Waals surface area contributed by atoms with E-state index in [0.717, 1.165) is 11.3 Å². The van der Waals surface area contributed by atoms with Crippen LogP contribution in [0.5, 0.6) is 0 Å². The fourth-order valence-corrected chi connectivity index (χ4v) is 4.24. The fraction of sp³-hybridized carbons (Fsp3) is 0.200. The molecule has 1 N–H and O–H groups in total. The number of nitrogens with zero attached hydrogens (tertiary/aromatic N) is 2. The highest BCUT2D eigenvalue weighted by Crippen LogP contribution is 2.28. The lowest BCUT2D eigenvalue weighted by molar-refractivity contribution is 0.602. The Morgan fingerprint density at radius 2 is 2.06 bits per heavy atom. The molecule has 0 unspecified atom stereocenters. The SMILES string of the molecule is Cc1ncccc1NS(=O)(=O)c1sc(Cl)nc1C. The van der Waals surface area contributed by atoms with E-state index in [9.17, 15) is 8.42 Å². The van der Waals surface area contributed by atoms with Gasteiger partial charge < -0.3 is 0 Å². The maximum absolute atomic E-state index is 12.2. The van der Waals surface area contributed by atoms with E-state index in [-0.39, 0.29) is 8.68 Å². The third-order valence-corrected chi connectivity index (χ3v) is 5.46. The van der Waals surface area contributed by atoms with Crippen LogP contribution in [0.2, 0.25) is 4.47 Å². The highest BCUT2D eigenvalue weighted by molar-refractivity contribution is 7.94. The quantitative estimate of drug-likeness (QED) is 0.946. The maximum atomic E-state index is 12.2. The molecule has 8 heteroatoms. The molecule has 0 amide bonds. The Balaban J connectivity index is 2.40. The number of hydrogen-bond donors (Lipinski definition) is 1. The summed E-state index contributed by atoms with van der Waals surface area (Å²) >= 11 is 6.64. The van der Waals surface area contributed by atoms with Crippen molar-refractivity contribution in [3.63, 3.8) is 0 Å². The van der Waals surface area contributed by atoms with Crippen LogP contribution in [0.4, 0.5) is 5.69 Å². The van der Waals surface area contributed by atoms with E-state index < -0.39 is 10.0 Å². The number of hydrogen-bond acceptors (Lipinski definition) is 5. The molecule has 2 aromatic heterocycles. The first-order valence-electron chi connectivity index (χ1n) is 4.97. The highest BCUT2D eigenvalue weighted by atomic mass is 35.5. The zero-order chi connectivity index (χ0) is 13.3. The number of thiazole rings is 1. The number of halogens is 1. The van der Waals surface area contributed by atoms with Crippen LogP contribution in [-0.2, 0) is 10.0 Å². The number of nitrogens with one attached hydrogen (secondary N) is 1. The summed E-state index contributed by atoms with van der Waals surface area (Å²) in [5, 5.41) is 0. The molecule has 18 heavy (non-hydrogen) atoms. The number of aryl methyl sites for hydroxylation is 2. The molecule has 0 spiro atoms. The fourth-order valence-electron chi connectivity index (χ4n) is 1.38. The van der Waals surface area contributed by atoms with Crippen molar-refractivity contribution >= 4 is 38.6 Å². The average molecular weight is 304 g/mol. The molecule has 2 heterocycles. The maximum Gasteiger partial charge on any atom is 0.273 e. The van der Waals surface area contributed by atoms with Crippen LogP contribution in [0.15, 0.2) is 22.5 Å². The molecule has 0 radical (unpaired) electrons. The molecule has 0 aliphatic heterocycles.